The molecule has 0 aromatic heterocycles. The van der Waals surface area contributed by atoms with Crippen LogP contribution in [0.1, 0.15) is 0 Å². The zero-order valence-electron chi connectivity index (χ0n) is 8.46. The van der Waals surface area contributed by atoms with Crippen LogP contribution in [0.5, 0.6) is 0 Å². The van der Waals surface area contributed by atoms with E-state index in [1.54, 1.807) is 36.4 Å². The van der Waals surface area contributed by atoms with Gasteiger partial charge >= 0.3 is 16.6 Å². The van der Waals surface area contributed by atoms with Crippen molar-refractivity contribution >= 4 is 27.4 Å². The average Bonchev–Trinajstić information content (AvgIpc) is 2.28. The molecule has 93 valence electrons. The molecule has 0 aliphatic heterocycles. The normalized spacial score (nSPS) is 10.6. The second-order valence-corrected chi connectivity index (χ2v) is 4.66. The largest absolute Gasteiger partial charge is 0.345 e. The van der Waals surface area contributed by atoms with Gasteiger partial charge in [0.25, 0.3) is 0 Å². The molecule has 0 fully saturated rings. The van der Waals surface area contributed by atoms with E-state index in [4.69, 9.17) is 0 Å². The van der Waals surface area contributed by atoms with Crippen LogP contribution in [0.3, 0.4) is 0 Å². The number of carbonyl (C=O) groups is 1. The Labute approximate surface area is 109 Å². The summed E-state index contributed by atoms with van der Waals surface area (Å²) in [6, 6.07) is 11.8. The molecule has 17 heavy (non-hydrogen) atoms. The first kappa shape index (κ1) is 13.7. The summed E-state index contributed by atoms with van der Waals surface area (Å²) in [6.07, 6.45) is 0. The molecule has 2 aromatic rings. The first-order valence-corrected chi connectivity index (χ1v) is 5.91. The van der Waals surface area contributed by atoms with Crippen molar-refractivity contribution in [2.75, 3.05) is 0 Å². The first-order chi connectivity index (χ1) is 7.65. The molecule has 1 radical (unpaired) electrons. The Hall–Kier alpha value is -1.36. The summed E-state index contributed by atoms with van der Waals surface area (Å²) in [5.41, 5.74) is 0. The topological polar surface area (TPSA) is 60.4 Å². The van der Waals surface area contributed by atoms with Crippen molar-refractivity contribution in [1.82, 2.24) is 0 Å². The van der Waals surface area contributed by atoms with Gasteiger partial charge in [-0.1, -0.05) is 36.4 Å². The van der Waals surface area contributed by atoms with E-state index < -0.39 is 10.1 Å². The molecule has 0 saturated carbocycles. The second-order valence-electron chi connectivity index (χ2n) is 3.12. The van der Waals surface area contributed by atoms with E-state index in [1.807, 2.05) is 0 Å². The second kappa shape index (κ2) is 5.31. The minimum Gasteiger partial charge on any atom is -0.345 e. The Kier molecular flexibility index (Phi) is 4.28. The smallest absolute Gasteiger partial charge is 0.342 e. The summed E-state index contributed by atoms with van der Waals surface area (Å²) in [5.74, 6) is 0. The predicted octanol–water partition coefficient (Wildman–Crippen LogP) is 1.70. The van der Waals surface area contributed by atoms with Gasteiger partial charge in [0, 0.05) is 22.5 Å². The van der Waals surface area contributed by atoms with E-state index in [1.165, 1.54) is 6.07 Å². The standard InChI is InChI=1S/C11H8O4S.Cu/c12-8-15-16(13,14)11-7-3-5-9-4-1-2-6-10(9)11;/h1-8H;. The average molecular weight is 300 g/mol. The molecule has 2 aromatic carbocycles. The number of rotatable bonds is 3. The fourth-order valence-electron chi connectivity index (χ4n) is 1.52. The molecule has 6 heteroatoms. The van der Waals surface area contributed by atoms with E-state index in [2.05, 4.69) is 4.18 Å². The van der Waals surface area contributed by atoms with Crippen molar-refractivity contribution in [3.8, 4) is 0 Å². The van der Waals surface area contributed by atoms with Crippen LogP contribution in [0, 0.1) is 0 Å². The summed E-state index contributed by atoms with van der Waals surface area (Å²) >= 11 is 0. The van der Waals surface area contributed by atoms with Crippen LogP contribution in [-0.4, -0.2) is 14.9 Å². The molecular formula is C11H8CuO4S. The number of benzene rings is 2. The Balaban J connectivity index is 0.00000144. The van der Waals surface area contributed by atoms with Gasteiger partial charge in [-0.2, -0.15) is 8.42 Å². The van der Waals surface area contributed by atoms with Crippen LogP contribution < -0.4 is 0 Å². The van der Waals surface area contributed by atoms with Crippen molar-refractivity contribution in [3.05, 3.63) is 42.5 Å². The van der Waals surface area contributed by atoms with E-state index in [9.17, 15) is 13.2 Å². The molecule has 4 nitrogen and oxygen atoms in total. The van der Waals surface area contributed by atoms with Gasteiger partial charge < -0.3 is 4.18 Å². The molecule has 0 aliphatic carbocycles. The maximum absolute atomic E-state index is 11.6. The van der Waals surface area contributed by atoms with Crippen LogP contribution >= 0.6 is 0 Å². The number of carbonyl (C=O) groups excluding carboxylic acids is 1. The van der Waals surface area contributed by atoms with Crippen LogP contribution in [0.2, 0.25) is 0 Å². The van der Waals surface area contributed by atoms with Gasteiger partial charge in [-0.15, -0.1) is 0 Å². The van der Waals surface area contributed by atoms with Crippen LogP contribution in [0.25, 0.3) is 10.8 Å². The third-order valence-corrected chi connectivity index (χ3v) is 3.41. The molecule has 0 spiro atoms. The van der Waals surface area contributed by atoms with Gasteiger partial charge in [0.15, 0.2) is 0 Å². The maximum atomic E-state index is 11.6. The zero-order valence-corrected chi connectivity index (χ0v) is 10.2. The first-order valence-electron chi connectivity index (χ1n) is 4.50. The van der Waals surface area contributed by atoms with Crippen molar-refractivity contribution in [2.45, 2.75) is 4.90 Å². The fraction of sp³-hybridized carbons (Fsp3) is 0. The molecule has 0 amide bonds. The van der Waals surface area contributed by atoms with Gasteiger partial charge in [-0.3, -0.25) is 4.79 Å². The minimum absolute atomic E-state index is 0. The van der Waals surface area contributed by atoms with E-state index in [0.717, 1.165) is 5.39 Å². The summed E-state index contributed by atoms with van der Waals surface area (Å²) in [7, 11) is -4.00. The van der Waals surface area contributed by atoms with Crippen LogP contribution in [0.4, 0.5) is 0 Å². The zero-order chi connectivity index (χ0) is 11.6. The third kappa shape index (κ3) is 2.66. The van der Waals surface area contributed by atoms with Gasteiger partial charge in [0.2, 0.25) is 0 Å². The Bertz CT molecular complexity index is 631. The maximum Gasteiger partial charge on any atom is 0.342 e. The van der Waals surface area contributed by atoms with Crippen LogP contribution in [0.15, 0.2) is 47.4 Å². The van der Waals surface area contributed by atoms with E-state index in [-0.39, 0.29) is 28.4 Å². The molecular weight excluding hydrogens is 292 g/mol. The van der Waals surface area contributed by atoms with Gasteiger partial charge in [0.1, 0.15) is 4.90 Å². The van der Waals surface area contributed by atoms with Crippen LogP contribution in [-0.2, 0) is 36.2 Å². The molecule has 0 saturated heterocycles. The predicted molar refractivity (Wildman–Crippen MR) is 58.3 cm³/mol. The number of fused-ring (bicyclic) bond motifs is 1. The van der Waals surface area contributed by atoms with Crippen molar-refractivity contribution in [1.29, 1.82) is 0 Å². The van der Waals surface area contributed by atoms with Gasteiger partial charge in [0.05, 0.1) is 0 Å². The SMILES string of the molecule is O=COS(=O)(=O)c1cccc2ccccc12.[Cu]. The van der Waals surface area contributed by atoms with Crippen molar-refractivity contribution < 1.29 is 34.5 Å². The van der Waals surface area contributed by atoms with Crippen molar-refractivity contribution in [3.63, 3.8) is 0 Å². The summed E-state index contributed by atoms with van der Waals surface area (Å²) in [5, 5.41) is 1.31. The summed E-state index contributed by atoms with van der Waals surface area (Å²) in [4.78, 5) is 10.1. The molecule has 0 bridgehead atoms. The van der Waals surface area contributed by atoms with Gasteiger partial charge in [-0.05, 0) is 11.5 Å². The van der Waals surface area contributed by atoms with Crippen molar-refractivity contribution in [2.24, 2.45) is 0 Å². The van der Waals surface area contributed by atoms with Gasteiger partial charge in [-0.25, -0.2) is 0 Å². The number of hydrogen-bond donors (Lipinski definition) is 0. The fourth-order valence-corrected chi connectivity index (χ4v) is 2.42. The summed E-state index contributed by atoms with van der Waals surface area (Å²) < 4.78 is 27.3. The number of hydrogen-bond acceptors (Lipinski definition) is 4. The molecule has 0 aliphatic rings. The summed E-state index contributed by atoms with van der Waals surface area (Å²) in [6.45, 7) is -0.0862. The molecule has 0 atom stereocenters. The Morgan fingerprint density at radius 1 is 1.00 bits per heavy atom. The third-order valence-electron chi connectivity index (χ3n) is 2.18. The molecule has 0 unspecified atom stereocenters. The van der Waals surface area contributed by atoms with E-state index >= 15 is 0 Å². The van der Waals surface area contributed by atoms with E-state index in [0.29, 0.717) is 5.39 Å². The quantitative estimate of drug-likeness (QED) is 0.492. The minimum atomic E-state index is -4.00. The molecule has 0 heterocycles. The molecule has 0 N–H and O–H groups in total. The molecule has 2 rings (SSSR count). The monoisotopic (exact) mass is 299 g/mol. The Morgan fingerprint density at radius 2 is 1.65 bits per heavy atom. The Morgan fingerprint density at radius 3 is 2.35 bits per heavy atom.